The lowest BCUT2D eigenvalue weighted by Crippen LogP contribution is -2.27. The van der Waals surface area contributed by atoms with Crippen molar-refractivity contribution >= 4 is 5.97 Å². The minimum Gasteiger partial charge on any atom is -0.492 e. The summed E-state index contributed by atoms with van der Waals surface area (Å²) in [5, 5.41) is 9.21. The van der Waals surface area contributed by atoms with Gasteiger partial charge in [-0.05, 0) is 30.7 Å². The summed E-state index contributed by atoms with van der Waals surface area (Å²) in [7, 11) is 0. The van der Waals surface area contributed by atoms with E-state index in [4.69, 9.17) is 9.47 Å². The Morgan fingerprint density at radius 2 is 1.75 bits per heavy atom. The molecule has 0 aliphatic heterocycles. The normalized spacial score (nSPS) is 11.7. The summed E-state index contributed by atoms with van der Waals surface area (Å²) >= 11 is 0. The van der Waals surface area contributed by atoms with Gasteiger partial charge in [-0.1, -0.05) is 50.6 Å². The highest BCUT2D eigenvalue weighted by Crippen LogP contribution is 2.20. The van der Waals surface area contributed by atoms with E-state index in [1.807, 2.05) is 44.2 Å². The van der Waals surface area contributed by atoms with Crippen LogP contribution in [0.1, 0.15) is 32.5 Å². The van der Waals surface area contributed by atoms with E-state index in [2.05, 4.69) is 4.98 Å². The van der Waals surface area contributed by atoms with Crippen molar-refractivity contribution in [3.63, 3.8) is 0 Å². The molecule has 0 saturated heterocycles. The number of aliphatic carboxylic acids is 1. The summed E-state index contributed by atoms with van der Waals surface area (Å²) in [6.07, 6.45) is 0.930. The first-order chi connectivity index (χ1) is 15.5. The van der Waals surface area contributed by atoms with Crippen LogP contribution in [0.4, 0.5) is 0 Å². The Morgan fingerprint density at radius 1 is 1.06 bits per heavy atom. The first-order valence-electron chi connectivity index (χ1n) is 10.8. The van der Waals surface area contributed by atoms with Crippen molar-refractivity contribution in [3.8, 4) is 22.8 Å². The van der Waals surface area contributed by atoms with Crippen LogP contribution in [0.15, 0.2) is 65.5 Å². The Hall–Kier alpha value is -3.61. The monoisotopic (exact) mass is 436 g/mol. The van der Waals surface area contributed by atoms with E-state index in [-0.39, 0.29) is 5.56 Å². The van der Waals surface area contributed by atoms with E-state index >= 15 is 0 Å². The molecule has 1 unspecified atom stereocenters. The number of hydrogen-bond donors (Lipinski definition) is 1. The van der Waals surface area contributed by atoms with Crippen molar-refractivity contribution in [3.05, 3.63) is 76.8 Å². The fourth-order valence-electron chi connectivity index (χ4n) is 3.35. The van der Waals surface area contributed by atoms with Crippen LogP contribution in [0.5, 0.6) is 11.5 Å². The largest absolute Gasteiger partial charge is 0.492 e. The molecule has 3 rings (SSSR count). The minimum atomic E-state index is -0.976. The lowest BCUT2D eigenvalue weighted by atomic mass is 10.1. The predicted octanol–water partition coefficient (Wildman–Crippen LogP) is 4.18. The quantitative estimate of drug-likeness (QED) is 0.485. The van der Waals surface area contributed by atoms with E-state index in [0.29, 0.717) is 49.0 Å². The van der Waals surface area contributed by atoms with Crippen molar-refractivity contribution in [1.29, 1.82) is 0 Å². The lowest BCUT2D eigenvalue weighted by Gasteiger charge is -2.15. The Balaban J connectivity index is 1.62. The number of hydrogen-bond acceptors (Lipinski definition) is 5. The number of carboxylic acids is 1. The van der Waals surface area contributed by atoms with Crippen LogP contribution in [0, 0.1) is 0 Å². The summed E-state index contributed by atoms with van der Waals surface area (Å²) in [5.41, 5.74) is 1.47. The fraction of sp³-hybridized carbons (Fsp3) is 0.320. The zero-order chi connectivity index (χ0) is 22.9. The van der Waals surface area contributed by atoms with Crippen LogP contribution < -0.4 is 15.0 Å². The number of aromatic nitrogens is 2. The molecule has 0 radical (unpaired) electrons. The molecule has 0 aliphatic rings. The molecule has 168 valence electrons. The first-order valence-corrected chi connectivity index (χ1v) is 10.8. The SMILES string of the molecule is CCCC(Oc1ccc(OCCn2c(CC)nc(-c3ccccc3)cc2=O)cc1)C(=O)O. The highest BCUT2D eigenvalue weighted by molar-refractivity contribution is 5.72. The molecule has 1 aromatic heterocycles. The second-order valence-electron chi connectivity index (χ2n) is 7.32. The third kappa shape index (κ3) is 5.97. The van der Waals surface area contributed by atoms with E-state index in [9.17, 15) is 14.7 Å². The van der Waals surface area contributed by atoms with Crippen LogP contribution >= 0.6 is 0 Å². The van der Waals surface area contributed by atoms with Crippen molar-refractivity contribution in [2.75, 3.05) is 6.61 Å². The molecule has 0 bridgehead atoms. The van der Waals surface area contributed by atoms with Gasteiger partial charge in [0.05, 0.1) is 12.2 Å². The molecule has 1 N–H and O–H groups in total. The molecule has 0 amide bonds. The Labute approximate surface area is 187 Å². The molecule has 0 saturated carbocycles. The van der Waals surface area contributed by atoms with Crippen molar-refractivity contribution in [2.45, 2.75) is 45.8 Å². The molecule has 0 fully saturated rings. The third-order valence-electron chi connectivity index (χ3n) is 4.99. The lowest BCUT2D eigenvalue weighted by molar-refractivity contribution is -0.145. The standard InChI is InChI=1S/C25H28N2O5/c1-3-8-22(25(29)30)32-20-13-11-19(12-14-20)31-16-15-27-23(4-2)26-21(17-24(27)28)18-9-6-5-7-10-18/h5-7,9-14,17,22H,3-4,8,15-16H2,1-2H3,(H,29,30). The maximum absolute atomic E-state index is 12.7. The summed E-state index contributed by atoms with van der Waals surface area (Å²) in [6, 6.07) is 18.0. The molecular weight excluding hydrogens is 408 g/mol. The molecular formula is C25H28N2O5. The number of aryl methyl sites for hydroxylation is 1. The molecule has 0 spiro atoms. The van der Waals surface area contributed by atoms with Gasteiger partial charge in [0, 0.05) is 18.1 Å². The van der Waals surface area contributed by atoms with Crippen LogP contribution in [-0.2, 0) is 17.8 Å². The van der Waals surface area contributed by atoms with E-state index in [1.54, 1.807) is 34.9 Å². The molecule has 0 aliphatic carbocycles. The number of ether oxygens (including phenoxy) is 2. The van der Waals surface area contributed by atoms with E-state index < -0.39 is 12.1 Å². The summed E-state index contributed by atoms with van der Waals surface area (Å²) in [6.45, 7) is 4.55. The summed E-state index contributed by atoms with van der Waals surface area (Å²) in [5.74, 6) is 0.818. The molecule has 1 heterocycles. The number of benzene rings is 2. The van der Waals surface area contributed by atoms with Gasteiger partial charge < -0.3 is 14.6 Å². The third-order valence-corrected chi connectivity index (χ3v) is 4.99. The minimum absolute atomic E-state index is 0.112. The maximum Gasteiger partial charge on any atom is 0.344 e. The van der Waals surface area contributed by atoms with Crippen LogP contribution in [0.25, 0.3) is 11.3 Å². The average Bonchev–Trinajstić information content (AvgIpc) is 2.81. The van der Waals surface area contributed by atoms with Gasteiger partial charge in [0.2, 0.25) is 0 Å². The number of carboxylic acid groups (broad SMARTS) is 1. The molecule has 3 aromatic rings. The van der Waals surface area contributed by atoms with E-state index in [0.717, 1.165) is 12.0 Å². The van der Waals surface area contributed by atoms with E-state index in [1.165, 1.54) is 0 Å². The average molecular weight is 437 g/mol. The van der Waals surface area contributed by atoms with Crippen molar-refractivity contribution in [2.24, 2.45) is 0 Å². The van der Waals surface area contributed by atoms with Gasteiger partial charge in [-0.2, -0.15) is 0 Å². The van der Waals surface area contributed by atoms with Gasteiger partial charge in [0.25, 0.3) is 5.56 Å². The molecule has 32 heavy (non-hydrogen) atoms. The number of nitrogens with zero attached hydrogens (tertiary/aromatic N) is 2. The molecule has 7 nitrogen and oxygen atoms in total. The van der Waals surface area contributed by atoms with Gasteiger partial charge in [-0.3, -0.25) is 9.36 Å². The Bertz CT molecular complexity index is 1080. The predicted molar refractivity (Wildman–Crippen MR) is 122 cm³/mol. The van der Waals surface area contributed by atoms with Gasteiger partial charge in [0.15, 0.2) is 6.10 Å². The van der Waals surface area contributed by atoms with Crippen LogP contribution in [0.3, 0.4) is 0 Å². The van der Waals surface area contributed by atoms with Crippen LogP contribution in [-0.4, -0.2) is 33.3 Å². The van der Waals surface area contributed by atoms with Gasteiger partial charge in [-0.25, -0.2) is 9.78 Å². The first kappa shape index (κ1) is 23.1. The van der Waals surface area contributed by atoms with Gasteiger partial charge in [-0.15, -0.1) is 0 Å². The molecule has 1 atom stereocenters. The highest BCUT2D eigenvalue weighted by atomic mass is 16.5. The van der Waals surface area contributed by atoms with Crippen molar-refractivity contribution < 1.29 is 19.4 Å². The zero-order valence-corrected chi connectivity index (χ0v) is 18.4. The van der Waals surface area contributed by atoms with Crippen molar-refractivity contribution in [1.82, 2.24) is 9.55 Å². The van der Waals surface area contributed by atoms with Gasteiger partial charge in [0.1, 0.15) is 23.9 Å². The topological polar surface area (TPSA) is 90.7 Å². The molecule has 7 heteroatoms. The Kier molecular flexibility index (Phi) is 8.02. The molecule has 2 aromatic carbocycles. The maximum atomic E-state index is 12.7. The number of rotatable bonds is 11. The van der Waals surface area contributed by atoms with Gasteiger partial charge >= 0.3 is 5.97 Å². The van der Waals surface area contributed by atoms with Crippen LogP contribution in [0.2, 0.25) is 0 Å². The zero-order valence-electron chi connectivity index (χ0n) is 18.4. The number of carbonyl (C=O) groups is 1. The smallest absolute Gasteiger partial charge is 0.344 e. The summed E-state index contributed by atoms with van der Waals surface area (Å²) in [4.78, 5) is 28.6. The summed E-state index contributed by atoms with van der Waals surface area (Å²) < 4.78 is 12.9. The fourth-order valence-corrected chi connectivity index (χ4v) is 3.35. The second kappa shape index (κ2) is 11.1. The second-order valence-corrected chi connectivity index (χ2v) is 7.32. The highest BCUT2D eigenvalue weighted by Gasteiger charge is 2.18. The Morgan fingerprint density at radius 3 is 2.38 bits per heavy atom.